The second kappa shape index (κ2) is 3.27. The van der Waals surface area contributed by atoms with E-state index in [1.165, 1.54) is 0 Å². The van der Waals surface area contributed by atoms with Gasteiger partial charge < -0.3 is 0 Å². The summed E-state index contributed by atoms with van der Waals surface area (Å²) in [5, 5.41) is 7.31. The molecular weight excluding hydrogens is 157 g/mol. The van der Waals surface area contributed by atoms with Crippen LogP contribution >= 0.6 is 0 Å². The van der Waals surface area contributed by atoms with E-state index in [1.807, 2.05) is 4.96 Å². The van der Waals surface area contributed by atoms with E-state index in [1.54, 1.807) is 0 Å². The molecule has 1 N–H and O–H groups in total. The fourth-order valence-corrected chi connectivity index (χ4v) is 1.45. The summed E-state index contributed by atoms with van der Waals surface area (Å²) in [6.07, 6.45) is 4.25. The molecule has 2 heteroatoms. The van der Waals surface area contributed by atoms with Crippen molar-refractivity contribution in [1.29, 1.82) is 5.41 Å². The third kappa shape index (κ3) is 2.03. The molecule has 0 aromatic heterocycles. The van der Waals surface area contributed by atoms with E-state index in [9.17, 15) is 0 Å². The predicted octanol–water partition coefficient (Wildman–Crippen LogP) is 1.55. The van der Waals surface area contributed by atoms with Crippen molar-refractivity contribution in [2.45, 2.75) is 25.7 Å². The summed E-state index contributed by atoms with van der Waals surface area (Å²) in [4.78, 5) is 1.96. The van der Waals surface area contributed by atoms with Crippen LogP contribution in [0.3, 0.4) is 0 Å². The molecule has 0 atom stereocenters. The fourth-order valence-electron chi connectivity index (χ4n) is 1.10. The molecule has 9 heavy (non-hydrogen) atoms. The molecule has 1 aliphatic carbocycles. The van der Waals surface area contributed by atoms with Crippen molar-refractivity contribution in [3.63, 3.8) is 0 Å². The summed E-state index contributed by atoms with van der Waals surface area (Å²) in [6.45, 7) is 0. The van der Waals surface area contributed by atoms with E-state index in [0.29, 0.717) is 5.92 Å². The van der Waals surface area contributed by atoms with Gasteiger partial charge in [-0.2, -0.15) is 0 Å². The first-order valence-electron chi connectivity index (χ1n) is 3.30. The van der Waals surface area contributed by atoms with Gasteiger partial charge in [-0.25, -0.2) is 0 Å². The third-order valence-corrected chi connectivity index (χ3v) is 2.28. The van der Waals surface area contributed by atoms with Gasteiger partial charge in [0.25, 0.3) is 0 Å². The molecule has 0 bridgehead atoms. The molecule has 0 amide bonds. The van der Waals surface area contributed by atoms with Crippen molar-refractivity contribution < 1.29 is 15.3 Å². The van der Waals surface area contributed by atoms with Gasteiger partial charge in [-0.05, 0) is 0 Å². The molecule has 0 aliphatic heterocycles. The Morgan fingerprint density at radius 1 is 1.44 bits per heavy atom. The first kappa shape index (κ1) is 7.16. The van der Waals surface area contributed by atoms with E-state index in [2.05, 4.69) is 15.3 Å². The Balaban J connectivity index is 2.34. The molecule has 0 saturated heterocycles. The third-order valence-electron chi connectivity index (χ3n) is 1.79. The van der Waals surface area contributed by atoms with E-state index in [0.717, 1.165) is 31.4 Å². The zero-order chi connectivity index (χ0) is 6.69. The molecular formula is C7H11CoN. The van der Waals surface area contributed by atoms with Crippen molar-refractivity contribution in [3.8, 4) is 0 Å². The van der Waals surface area contributed by atoms with Gasteiger partial charge in [0.15, 0.2) is 0 Å². The van der Waals surface area contributed by atoms with Crippen LogP contribution in [0.5, 0.6) is 0 Å². The van der Waals surface area contributed by atoms with Gasteiger partial charge in [-0.1, -0.05) is 0 Å². The second-order valence-electron chi connectivity index (χ2n) is 2.55. The Kier molecular flexibility index (Phi) is 2.60. The molecule has 0 unspecified atom stereocenters. The van der Waals surface area contributed by atoms with Crippen molar-refractivity contribution in [2.24, 2.45) is 5.92 Å². The second-order valence-corrected chi connectivity index (χ2v) is 2.90. The Labute approximate surface area is 63.5 Å². The van der Waals surface area contributed by atoms with Gasteiger partial charge in [0.1, 0.15) is 0 Å². The standard InChI is InChI=1S/C7H11N.Co/c1-6-2-4-7(8)5-3-6;/h1,6,8H,2-5H2;. The Bertz CT molecular complexity index is 121. The zero-order valence-electron chi connectivity index (χ0n) is 5.32. The first-order valence-corrected chi connectivity index (χ1v) is 3.90. The Morgan fingerprint density at radius 2 is 2.00 bits per heavy atom. The summed E-state index contributed by atoms with van der Waals surface area (Å²) in [7, 11) is 0. The summed E-state index contributed by atoms with van der Waals surface area (Å²) < 4.78 is 0. The summed E-state index contributed by atoms with van der Waals surface area (Å²) in [5.41, 5.74) is 0.917. The Morgan fingerprint density at radius 3 is 2.44 bits per heavy atom. The molecule has 1 saturated carbocycles. The normalized spacial score (nSPS) is 28.1. The zero-order valence-corrected chi connectivity index (χ0v) is 6.36. The number of rotatable bonds is 1. The molecule has 1 nitrogen and oxygen atoms in total. The van der Waals surface area contributed by atoms with E-state index >= 15 is 0 Å². The van der Waals surface area contributed by atoms with Crippen molar-refractivity contribution >= 4 is 10.7 Å². The van der Waals surface area contributed by atoms with Crippen LogP contribution < -0.4 is 0 Å². The van der Waals surface area contributed by atoms with E-state index in [4.69, 9.17) is 5.41 Å². The minimum atomic E-state index is 0.666. The number of hydrogen-bond acceptors (Lipinski definition) is 1. The molecule has 1 rings (SSSR count). The van der Waals surface area contributed by atoms with Crippen LogP contribution in [0.4, 0.5) is 0 Å². The van der Waals surface area contributed by atoms with Crippen LogP contribution in [0.25, 0.3) is 0 Å². The molecule has 1 aliphatic rings. The first-order chi connectivity index (χ1) is 4.33. The van der Waals surface area contributed by atoms with Crippen LogP contribution in [0.15, 0.2) is 0 Å². The van der Waals surface area contributed by atoms with E-state index < -0.39 is 0 Å². The monoisotopic (exact) mass is 168 g/mol. The van der Waals surface area contributed by atoms with Gasteiger partial charge in [-0.15, -0.1) is 0 Å². The van der Waals surface area contributed by atoms with Crippen molar-refractivity contribution in [3.05, 3.63) is 0 Å². The van der Waals surface area contributed by atoms with Gasteiger partial charge in [0, 0.05) is 0 Å². The van der Waals surface area contributed by atoms with Gasteiger partial charge in [0.2, 0.25) is 0 Å². The Hall–Kier alpha value is 0.0465. The molecule has 0 aromatic rings. The quantitative estimate of drug-likeness (QED) is 0.614. The molecule has 1 fully saturated rings. The van der Waals surface area contributed by atoms with Crippen LogP contribution in [0, 0.1) is 11.3 Å². The molecule has 0 heterocycles. The summed E-state index contributed by atoms with van der Waals surface area (Å²) in [5.74, 6) is 0.666. The van der Waals surface area contributed by atoms with E-state index in [-0.39, 0.29) is 0 Å². The van der Waals surface area contributed by atoms with Crippen LogP contribution in [0.2, 0.25) is 0 Å². The van der Waals surface area contributed by atoms with Gasteiger partial charge in [0.05, 0.1) is 0 Å². The maximum absolute atomic E-state index is 7.31. The van der Waals surface area contributed by atoms with Crippen LogP contribution in [-0.2, 0) is 15.3 Å². The van der Waals surface area contributed by atoms with Crippen LogP contribution in [0.1, 0.15) is 25.7 Å². The van der Waals surface area contributed by atoms with Crippen molar-refractivity contribution in [2.75, 3.05) is 0 Å². The molecule has 53 valence electrons. The topological polar surface area (TPSA) is 23.9 Å². The average molecular weight is 168 g/mol. The van der Waals surface area contributed by atoms with Gasteiger partial charge >= 0.3 is 63.0 Å². The fraction of sp³-hybridized carbons (Fsp3) is 0.714. The minimum absolute atomic E-state index is 0.666. The number of nitrogens with one attached hydrogen (secondary N) is 1. The molecule has 0 radical (unpaired) electrons. The van der Waals surface area contributed by atoms with Gasteiger partial charge in [-0.3, -0.25) is 0 Å². The number of hydrogen-bond donors (Lipinski definition) is 1. The summed E-state index contributed by atoms with van der Waals surface area (Å²) >= 11 is 4.14. The summed E-state index contributed by atoms with van der Waals surface area (Å²) in [6, 6.07) is 0. The average Bonchev–Trinajstić information content (AvgIpc) is 1.90. The maximum atomic E-state index is 7.31. The van der Waals surface area contributed by atoms with Crippen molar-refractivity contribution in [1.82, 2.24) is 0 Å². The SMILES string of the molecule is N=C1CCC([CH]=[Co])CC1. The van der Waals surface area contributed by atoms with Crippen LogP contribution in [-0.4, -0.2) is 10.7 Å². The molecule has 0 aromatic carbocycles. The predicted molar refractivity (Wildman–Crippen MR) is 35.7 cm³/mol. The molecule has 0 spiro atoms.